The van der Waals surface area contributed by atoms with Crippen molar-refractivity contribution in [2.75, 3.05) is 32.7 Å². The number of rotatable bonds is 3. The zero-order valence-electron chi connectivity index (χ0n) is 13.9. The van der Waals surface area contributed by atoms with Crippen molar-refractivity contribution in [2.45, 2.75) is 51.3 Å². The fourth-order valence-electron chi connectivity index (χ4n) is 3.73. The second-order valence-corrected chi connectivity index (χ2v) is 7.45. The van der Waals surface area contributed by atoms with E-state index in [1.165, 1.54) is 0 Å². The Balaban J connectivity index is 1.93. The average molecular weight is 336 g/mol. The van der Waals surface area contributed by atoms with Crippen LogP contribution in [0.4, 0.5) is 13.2 Å². The zero-order valence-corrected chi connectivity index (χ0v) is 13.9. The Morgan fingerprint density at radius 2 is 1.65 bits per heavy atom. The predicted octanol–water partition coefficient (Wildman–Crippen LogP) is 2.27. The molecule has 0 spiro atoms. The minimum atomic E-state index is -4.29. The molecule has 2 atom stereocenters. The van der Waals surface area contributed by atoms with Crippen LogP contribution in [0.15, 0.2) is 0 Å². The van der Waals surface area contributed by atoms with Crippen molar-refractivity contribution in [3.8, 4) is 0 Å². The van der Waals surface area contributed by atoms with Crippen molar-refractivity contribution in [2.24, 2.45) is 11.8 Å². The fourth-order valence-corrected chi connectivity index (χ4v) is 3.73. The zero-order chi connectivity index (χ0) is 17.3. The number of hydrogen-bond acceptors (Lipinski definition) is 3. The van der Waals surface area contributed by atoms with Crippen LogP contribution in [0.1, 0.15) is 39.5 Å². The van der Waals surface area contributed by atoms with Crippen molar-refractivity contribution < 1.29 is 23.1 Å². The molecule has 134 valence electrons. The van der Waals surface area contributed by atoms with E-state index in [4.69, 9.17) is 0 Å². The highest BCUT2D eigenvalue weighted by atomic mass is 19.4. The number of β-amino-alcohol motifs (C(OH)–C–C–N with tert-alkyl or cyclic N) is 1. The minimum Gasteiger partial charge on any atom is -0.389 e. The largest absolute Gasteiger partial charge is 0.392 e. The molecule has 2 unspecified atom stereocenters. The summed E-state index contributed by atoms with van der Waals surface area (Å²) < 4.78 is 39.5. The van der Waals surface area contributed by atoms with Crippen molar-refractivity contribution in [1.82, 2.24) is 9.80 Å². The smallest absolute Gasteiger partial charge is 0.389 e. The lowest BCUT2D eigenvalue weighted by atomic mass is 9.78. The van der Waals surface area contributed by atoms with Gasteiger partial charge in [-0.05, 0) is 26.7 Å². The van der Waals surface area contributed by atoms with Crippen LogP contribution in [0, 0.1) is 11.8 Å². The SMILES string of the molecule is CC(C)(O)CN1CCN(C(=O)C2CCCCC2C(F)(F)F)CC1. The Morgan fingerprint density at radius 3 is 2.17 bits per heavy atom. The predicted molar refractivity (Wildman–Crippen MR) is 80.8 cm³/mol. The normalized spacial score (nSPS) is 28.0. The third-order valence-corrected chi connectivity index (χ3v) is 4.80. The first-order chi connectivity index (χ1) is 10.6. The lowest BCUT2D eigenvalue weighted by molar-refractivity contribution is -0.201. The fraction of sp³-hybridized carbons (Fsp3) is 0.938. The molecule has 23 heavy (non-hydrogen) atoms. The average Bonchev–Trinajstić information content (AvgIpc) is 2.45. The van der Waals surface area contributed by atoms with E-state index in [0.717, 1.165) is 0 Å². The van der Waals surface area contributed by atoms with Gasteiger partial charge in [-0.2, -0.15) is 13.2 Å². The molecule has 0 bridgehead atoms. The maximum absolute atomic E-state index is 13.2. The summed E-state index contributed by atoms with van der Waals surface area (Å²) in [6, 6.07) is 0. The summed E-state index contributed by atoms with van der Waals surface area (Å²) in [6.45, 7) is 6.02. The van der Waals surface area contributed by atoms with Gasteiger partial charge in [-0.3, -0.25) is 9.69 Å². The van der Waals surface area contributed by atoms with Gasteiger partial charge < -0.3 is 10.0 Å². The van der Waals surface area contributed by atoms with Gasteiger partial charge in [-0.15, -0.1) is 0 Å². The molecule has 7 heteroatoms. The van der Waals surface area contributed by atoms with E-state index in [2.05, 4.69) is 0 Å². The number of piperazine rings is 1. The molecule has 0 aromatic rings. The van der Waals surface area contributed by atoms with Gasteiger partial charge in [0, 0.05) is 38.6 Å². The first-order valence-electron chi connectivity index (χ1n) is 8.38. The topological polar surface area (TPSA) is 43.8 Å². The van der Waals surface area contributed by atoms with E-state index in [9.17, 15) is 23.1 Å². The first kappa shape index (κ1) is 18.5. The molecule has 0 aromatic carbocycles. The van der Waals surface area contributed by atoms with E-state index < -0.39 is 23.6 Å². The number of nitrogens with zero attached hydrogens (tertiary/aromatic N) is 2. The molecule has 2 aliphatic rings. The molecule has 1 amide bonds. The summed E-state index contributed by atoms with van der Waals surface area (Å²) in [6.07, 6.45) is -2.63. The van der Waals surface area contributed by atoms with Crippen LogP contribution in [-0.2, 0) is 4.79 Å². The van der Waals surface area contributed by atoms with Crippen LogP contribution in [0.3, 0.4) is 0 Å². The molecule has 0 radical (unpaired) electrons. The number of hydrogen-bond donors (Lipinski definition) is 1. The molecular weight excluding hydrogens is 309 g/mol. The Kier molecular flexibility index (Phi) is 5.61. The molecule has 2 fully saturated rings. The number of carbonyl (C=O) groups excluding carboxylic acids is 1. The molecule has 1 N–H and O–H groups in total. The quantitative estimate of drug-likeness (QED) is 0.860. The van der Waals surface area contributed by atoms with Gasteiger partial charge in [0.25, 0.3) is 0 Å². The van der Waals surface area contributed by atoms with Crippen LogP contribution in [0.5, 0.6) is 0 Å². The van der Waals surface area contributed by atoms with Crippen molar-refractivity contribution in [3.63, 3.8) is 0 Å². The van der Waals surface area contributed by atoms with Crippen LogP contribution >= 0.6 is 0 Å². The van der Waals surface area contributed by atoms with E-state index in [1.807, 2.05) is 4.90 Å². The van der Waals surface area contributed by atoms with Crippen LogP contribution in [0.25, 0.3) is 0 Å². The van der Waals surface area contributed by atoms with Crippen LogP contribution in [0.2, 0.25) is 0 Å². The summed E-state index contributed by atoms with van der Waals surface area (Å²) in [5.74, 6) is -2.74. The minimum absolute atomic E-state index is 0.0680. The number of halogens is 3. The van der Waals surface area contributed by atoms with E-state index in [-0.39, 0.29) is 12.3 Å². The standard InChI is InChI=1S/C16H27F3N2O2/c1-15(2,23)11-20-7-9-21(10-8-20)14(22)12-5-3-4-6-13(12)16(17,18)19/h12-13,23H,3-11H2,1-2H3. The number of amides is 1. The lowest BCUT2D eigenvalue weighted by Gasteiger charge is -2.40. The molecule has 0 aromatic heterocycles. The summed E-state index contributed by atoms with van der Waals surface area (Å²) in [5.41, 5.74) is -0.809. The van der Waals surface area contributed by atoms with Crippen molar-refractivity contribution in [3.05, 3.63) is 0 Å². The van der Waals surface area contributed by atoms with E-state index >= 15 is 0 Å². The third kappa shape index (κ3) is 5.08. The Morgan fingerprint density at radius 1 is 1.09 bits per heavy atom. The van der Waals surface area contributed by atoms with Crippen LogP contribution < -0.4 is 0 Å². The van der Waals surface area contributed by atoms with Gasteiger partial charge >= 0.3 is 6.18 Å². The highest BCUT2D eigenvalue weighted by Gasteiger charge is 2.49. The van der Waals surface area contributed by atoms with Gasteiger partial charge in [0.15, 0.2) is 0 Å². The summed E-state index contributed by atoms with van der Waals surface area (Å²) in [4.78, 5) is 16.2. The maximum Gasteiger partial charge on any atom is 0.392 e. The monoisotopic (exact) mass is 336 g/mol. The Hall–Kier alpha value is -0.820. The van der Waals surface area contributed by atoms with Gasteiger partial charge in [0.05, 0.1) is 11.5 Å². The van der Waals surface area contributed by atoms with Gasteiger partial charge in [0.1, 0.15) is 0 Å². The number of alkyl halides is 3. The number of carbonyl (C=O) groups is 1. The van der Waals surface area contributed by atoms with Crippen molar-refractivity contribution >= 4 is 5.91 Å². The maximum atomic E-state index is 13.2. The highest BCUT2D eigenvalue weighted by Crippen LogP contribution is 2.42. The third-order valence-electron chi connectivity index (χ3n) is 4.80. The molecular formula is C16H27F3N2O2. The molecule has 2 rings (SSSR count). The lowest BCUT2D eigenvalue weighted by Crippen LogP contribution is -2.54. The first-order valence-corrected chi connectivity index (χ1v) is 8.38. The van der Waals surface area contributed by atoms with Gasteiger partial charge in [0.2, 0.25) is 5.91 Å². The summed E-state index contributed by atoms with van der Waals surface area (Å²) in [5, 5.41) is 9.83. The number of aliphatic hydroxyl groups is 1. The van der Waals surface area contributed by atoms with Crippen molar-refractivity contribution in [1.29, 1.82) is 0 Å². The molecule has 4 nitrogen and oxygen atoms in total. The Labute approximate surface area is 135 Å². The highest BCUT2D eigenvalue weighted by molar-refractivity contribution is 5.79. The molecule has 1 saturated carbocycles. The molecule has 1 saturated heterocycles. The van der Waals surface area contributed by atoms with E-state index in [1.54, 1.807) is 18.7 Å². The summed E-state index contributed by atoms with van der Waals surface area (Å²) >= 11 is 0. The van der Waals surface area contributed by atoms with Gasteiger partial charge in [-0.1, -0.05) is 12.8 Å². The molecule has 1 aliphatic carbocycles. The molecule has 1 heterocycles. The second-order valence-electron chi connectivity index (χ2n) is 7.45. The van der Waals surface area contributed by atoms with E-state index in [0.29, 0.717) is 52.0 Å². The van der Waals surface area contributed by atoms with Crippen LogP contribution in [-0.4, -0.2) is 65.3 Å². The summed E-state index contributed by atoms with van der Waals surface area (Å²) in [7, 11) is 0. The second kappa shape index (κ2) is 6.97. The molecule has 1 aliphatic heterocycles. The van der Waals surface area contributed by atoms with Gasteiger partial charge in [-0.25, -0.2) is 0 Å². The Bertz CT molecular complexity index is 413.